The predicted octanol–water partition coefficient (Wildman–Crippen LogP) is 2.04. The first-order valence-corrected chi connectivity index (χ1v) is 8.04. The normalized spacial score (nSPS) is 14.3. The molecule has 2 aromatic rings. The molecule has 1 aliphatic heterocycles. The van der Waals surface area contributed by atoms with Crippen molar-refractivity contribution < 1.29 is 4.79 Å². The van der Waals surface area contributed by atoms with E-state index in [2.05, 4.69) is 38.9 Å². The van der Waals surface area contributed by atoms with E-state index in [9.17, 15) is 4.79 Å². The third-order valence-electron chi connectivity index (χ3n) is 3.99. The standard InChI is InChI=1S/C18H21N5O/c1-2-8-19-18-20-13-15(14-21-18)17(24)23-11-9-22(10-12-23)16-6-4-3-5-7-16/h2-7,13-14H,1,8-12H2,(H,19,20,21). The van der Waals surface area contributed by atoms with E-state index >= 15 is 0 Å². The molecular formula is C18H21N5O. The second-order valence-electron chi connectivity index (χ2n) is 5.58. The lowest BCUT2D eigenvalue weighted by Gasteiger charge is -2.36. The molecule has 1 aliphatic rings. The molecule has 0 unspecified atom stereocenters. The van der Waals surface area contributed by atoms with Gasteiger partial charge in [-0.25, -0.2) is 9.97 Å². The molecule has 0 saturated carbocycles. The molecule has 0 spiro atoms. The summed E-state index contributed by atoms with van der Waals surface area (Å²) in [7, 11) is 0. The number of hydrogen-bond acceptors (Lipinski definition) is 5. The third-order valence-corrected chi connectivity index (χ3v) is 3.99. The van der Waals surface area contributed by atoms with E-state index in [0.29, 0.717) is 31.1 Å². The number of benzene rings is 1. The molecule has 1 saturated heterocycles. The highest BCUT2D eigenvalue weighted by Gasteiger charge is 2.22. The number of anilines is 2. The first-order chi connectivity index (χ1) is 11.8. The molecule has 1 aromatic heterocycles. The molecule has 3 rings (SSSR count). The average molecular weight is 323 g/mol. The minimum atomic E-state index is -0.0158. The van der Waals surface area contributed by atoms with Crippen molar-refractivity contribution in [3.05, 3.63) is 60.9 Å². The molecule has 1 fully saturated rings. The maximum atomic E-state index is 12.6. The molecule has 1 amide bonds. The summed E-state index contributed by atoms with van der Waals surface area (Å²) >= 11 is 0. The van der Waals surface area contributed by atoms with Gasteiger partial charge >= 0.3 is 0 Å². The number of nitrogens with zero attached hydrogens (tertiary/aromatic N) is 4. The lowest BCUT2D eigenvalue weighted by atomic mass is 10.2. The zero-order chi connectivity index (χ0) is 16.8. The number of carbonyl (C=O) groups is 1. The van der Waals surface area contributed by atoms with Gasteiger partial charge in [-0.15, -0.1) is 6.58 Å². The van der Waals surface area contributed by atoms with Gasteiger partial charge < -0.3 is 15.1 Å². The van der Waals surface area contributed by atoms with Gasteiger partial charge in [-0.05, 0) is 12.1 Å². The Labute approximate surface area is 141 Å². The average Bonchev–Trinajstić information content (AvgIpc) is 2.67. The summed E-state index contributed by atoms with van der Waals surface area (Å²) in [5.74, 6) is 0.485. The monoisotopic (exact) mass is 323 g/mol. The van der Waals surface area contributed by atoms with Crippen LogP contribution in [0.25, 0.3) is 0 Å². The fraction of sp³-hybridized carbons (Fsp3) is 0.278. The Morgan fingerprint density at radius 2 is 1.79 bits per heavy atom. The number of piperazine rings is 1. The molecule has 0 bridgehead atoms. The zero-order valence-electron chi connectivity index (χ0n) is 13.6. The van der Waals surface area contributed by atoms with Crippen molar-refractivity contribution in [1.82, 2.24) is 14.9 Å². The van der Waals surface area contributed by atoms with Crippen molar-refractivity contribution in [2.24, 2.45) is 0 Å². The van der Waals surface area contributed by atoms with Crippen LogP contribution in [0.5, 0.6) is 0 Å². The van der Waals surface area contributed by atoms with Crippen LogP contribution in [-0.2, 0) is 0 Å². The van der Waals surface area contributed by atoms with Crippen molar-refractivity contribution in [1.29, 1.82) is 0 Å². The fourth-order valence-corrected chi connectivity index (χ4v) is 2.68. The van der Waals surface area contributed by atoms with Gasteiger partial charge in [0.25, 0.3) is 5.91 Å². The van der Waals surface area contributed by atoms with Gasteiger partial charge in [0.15, 0.2) is 0 Å². The number of carbonyl (C=O) groups excluding carboxylic acids is 1. The number of aromatic nitrogens is 2. The predicted molar refractivity (Wildman–Crippen MR) is 95.3 cm³/mol. The van der Waals surface area contributed by atoms with E-state index in [1.807, 2.05) is 23.1 Å². The van der Waals surface area contributed by atoms with Crippen molar-refractivity contribution >= 4 is 17.5 Å². The van der Waals surface area contributed by atoms with Gasteiger partial charge in [-0.1, -0.05) is 24.3 Å². The smallest absolute Gasteiger partial charge is 0.257 e. The second kappa shape index (κ2) is 7.59. The quantitative estimate of drug-likeness (QED) is 0.853. The molecule has 1 aromatic carbocycles. The minimum absolute atomic E-state index is 0.0158. The molecule has 0 atom stereocenters. The summed E-state index contributed by atoms with van der Waals surface area (Å²) in [6.45, 7) is 7.27. The maximum absolute atomic E-state index is 12.6. The van der Waals surface area contributed by atoms with Gasteiger partial charge in [-0.3, -0.25) is 4.79 Å². The molecule has 6 heteroatoms. The SMILES string of the molecule is C=CCNc1ncc(C(=O)N2CCN(c3ccccc3)CC2)cn1. The van der Waals surface area contributed by atoms with Crippen LogP contribution in [0.1, 0.15) is 10.4 Å². The van der Waals surface area contributed by atoms with Gasteiger partial charge in [0.1, 0.15) is 0 Å². The van der Waals surface area contributed by atoms with Gasteiger partial charge in [0, 0.05) is 50.8 Å². The highest BCUT2D eigenvalue weighted by atomic mass is 16.2. The molecule has 124 valence electrons. The van der Waals surface area contributed by atoms with E-state index in [1.165, 1.54) is 5.69 Å². The second-order valence-corrected chi connectivity index (χ2v) is 5.58. The van der Waals surface area contributed by atoms with Gasteiger partial charge in [-0.2, -0.15) is 0 Å². The Morgan fingerprint density at radius 3 is 2.42 bits per heavy atom. The summed E-state index contributed by atoms with van der Waals surface area (Å²) in [6.07, 6.45) is 4.88. The van der Waals surface area contributed by atoms with Crippen molar-refractivity contribution in [2.75, 3.05) is 42.9 Å². The number of para-hydroxylation sites is 1. The first-order valence-electron chi connectivity index (χ1n) is 8.04. The van der Waals surface area contributed by atoms with E-state index < -0.39 is 0 Å². The Morgan fingerprint density at radius 1 is 1.12 bits per heavy atom. The molecule has 6 nitrogen and oxygen atoms in total. The van der Waals surface area contributed by atoms with E-state index in [-0.39, 0.29) is 5.91 Å². The van der Waals surface area contributed by atoms with Crippen LogP contribution < -0.4 is 10.2 Å². The summed E-state index contributed by atoms with van der Waals surface area (Å²) < 4.78 is 0. The summed E-state index contributed by atoms with van der Waals surface area (Å²) in [6, 6.07) is 10.3. The van der Waals surface area contributed by atoms with Crippen molar-refractivity contribution in [2.45, 2.75) is 0 Å². The van der Waals surface area contributed by atoms with Crippen LogP contribution in [-0.4, -0.2) is 53.5 Å². The summed E-state index contributed by atoms with van der Waals surface area (Å²) in [5.41, 5.74) is 1.72. The third kappa shape index (κ3) is 3.71. The lowest BCUT2D eigenvalue weighted by molar-refractivity contribution is 0.0746. The summed E-state index contributed by atoms with van der Waals surface area (Å²) in [5, 5.41) is 2.99. The maximum Gasteiger partial charge on any atom is 0.257 e. The lowest BCUT2D eigenvalue weighted by Crippen LogP contribution is -2.48. The first kappa shape index (κ1) is 16.0. The van der Waals surface area contributed by atoms with Crippen LogP contribution in [0, 0.1) is 0 Å². The van der Waals surface area contributed by atoms with E-state index in [4.69, 9.17) is 0 Å². The number of nitrogens with one attached hydrogen (secondary N) is 1. The van der Waals surface area contributed by atoms with Gasteiger partial charge in [0.2, 0.25) is 5.95 Å². The fourth-order valence-electron chi connectivity index (χ4n) is 2.68. The summed E-state index contributed by atoms with van der Waals surface area (Å²) in [4.78, 5) is 25.0. The van der Waals surface area contributed by atoms with Crippen molar-refractivity contribution in [3.63, 3.8) is 0 Å². The van der Waals surface area contributed by atoms with E-state index in [1.54, 1.807) is 18.5 Å². The number of amides is 1. The van der Waals surface area contributed by atoms with Crippen LogP contribution in [0.15, 0.2) is 55.4 Å². The Balaban J connectivity index is 1.58. The molecule has 0 aliphatic carbocycles. The Hall–Kier alpha value is -2.89. The molecule has 1 N–H and O–H groups in total. The largest absolute Gasteiger partial charge is 0.368 e. The molecule has 0 radical (unpaired) electrons. The van der Waals surface area contributed by atoms with Crippen LogP contribution >= 0.6 is 0 Å². The number of hydrogen-bond donors (Lipinski definition) is 1. The topological polar surface area (TPSA) is 61.4 Å². The zero-order valence-corrected chi connectivity index (χ0v) is 13.6. The van der Waals surface area contributed by atoms with Crippen LogP contribution in [0.4, 0.5) is 11.6 Å². The molecule has 24 heavy (non-hydrogen) atoms. The van der Waals surface area contributed by atoms with Crippen LogP contribution in [0.2, 0.25) is 0 Å². The number of rotatable bonds is 5. The molecule has 2 heterocycles. The minimum Gasteiger partial charge on any atom is -0.368 e. The Kier molecular flexibility index (Phi) is 5.05. The van der Waals surface area contributed by atoms with E-state index in [0.717, 1.165) is 13.1 Å². The Bertz CT molecular complexity index is 678. The van der Waals surface area contributed by atoms with Gasteiger partial charge in [0.05, 0.1) is 5.56 Å². The highest BCUT2D eigenvalue weighted by molar-refractivity contribution is 5.93. The van der Waals surface area contributed by atoms with Crippen molar-refractivity contribution in [3.8, 4) is 0 Å². The van der Waals surface area contributed by atoms with Crippen LogP contribution in [0.3, 0.4) is 0 Å². The molecular weight excluding hydrogens is 302 g/mol. The highest BCUT2D eigenvalue weighted by Crippen LogP contribution is 2.16.